The van der Waals surface area contributed by atoms with Crippen LogP contribution in [0.2, 0.25) is 0 Å². The first-order valence-corrected chi connectivity index (χ1v) is 4.84. The molecule has 0 saturated carbocycles. The van der Waals surface area contributed by atoms with Gasteiger partial charge in [-0.25, -0.2) is 4.79 Å². The Morgan fingerprint density at radius 2 is 2.00 bits per heavy atom. The van der Waals surface area contributed by atoms with Gasteiger partial charge in [-0.3, -0.25) is 4.79 Å². The van der Waals surface area contributed by atoms with Crippen molar-refractivity contribution in [2.45, 2.75) is 6.92 Å². The molecule has 5 heteroatoms. The minimum Gasteiger partial charge on any atom is -0.480 e. The van der Waals surface area contributed by atoms with Crippen molar-refractivity contribution in [3.05, 3.63) is 29.8 Å². The van der Waals surface area contributed by atoms with Crippen LogP contribution in [-0.2, 0) is 4.79 Å². The molecule has 0 fully saturated rings. The number of anilines is 1. The Morgan fingerprint density at radius 3 is 2.50 bits per heavy atom. The Hall–Kier alpha value is -2.04. The molecule has 2 N–H and O–H groups in total. The molecule has 1 aromatic carbocycles. The van der Waals surface area contributed by atoms with E-state index >= 15 is 0 Å². The normalized spacial score (nSPS) is 9.81. The van der Waals surface area contributed by atoms with Crippen LogP contribution >= 0.6 is 0 Å². The maximum absolute atomic E-state index is 10.8. The largest absolute Gasteiger partial charge is 0.480 e. The van der Waals surface area contributed by atoms with E-state index in [0.29, 0.717) is 12.2 Å². The van der Waals surface area contributed by atoms with E-state index in [0.717, 1.165) is 0 Å². The van der Waals surface area contributed by atoms with E-state index in [2.05, 4.69) is 0 Å². The van der Waals surface area contributed by atoms with Gasteiger partial charge in [0.1, 0.15) is 6.54 Å². The average molecular weight is 223 g/mol. The maximum atomic E-state index is 10.8. The standard InChI is InChI=1S/C11H13NO4/c1-2-12(7-10(13)14)9-5-3-4-8(6-9)11(15)16/h3-6H,2,7H2,1H3,(H,13,14)(H,15,16). The van der Waals surface area contributed by atoms with Crippen LogP contribution in [-0.4, -0.2) is 35.2 Å². The molecule has 0 unspecified atom stereocenters. The zero-order chi connectivity index (χ0) is 12.1. The van der Waals surface area contributed by atoms with Crippen LogP contribution in [0.1, 0.15) is 17.3 Å². The van der Waals surface area contributed by atoms with E-state index < -0.39 is 11.9 Å². The van der Waals surface area contributed by atoms with Gasteiger partial charge in [0.05, 0.1) is 5.56 Å². The maximum Gasteiger partial charge on any atom is 0.335 e. The zero-order valence-corrected chi connectivity index (χ0v) is 8.88. The summed E-state index contributed by atoms with van der Waals surface area (Å²) >= 11 is 0. The number of hydrogen-bond donors (Lipinski definition) is 2. The van der Waals surface area contributed by atoms with Crippen molar-refractivity contribution in [1.29, 1.82) is 0 Å². The molecule has 86 valence electrons. The average Bonchev–Trinajstić information content (AvgIpc) is 2.25. The monoisotopic (exact) mass is 223 g/mol. The van der Waals surface area contributed by atoms with Gasteiger partial charge >= 0.3 is 11.9 Å². The van der Waals surface area contributed by atoms with Crippen molar-refractivity contribution in [2.75, 3.05) is 18.0 Å². The highest BCUT2D eigenvalue weighted by Crippen LogP contribution is 2.15. The summed E-state index contributed by atoms with van der Waals surface area (Å²) in [5.74, 6) is -1.96. The summed E-state index contributed by atoms with van der Waals surface area (Å²) in [6.07, 6.45) is 0. The molecule has 0 amide bonds. The minimum atomic E-state index is -1.02. The molecular formula is C11H13NO4. The van der Waals surface area contributed by atoms with Gasteiger partial charge in [-0.05, 0) is 25.1 Å². The Kier molecular flexibility index (Phi) is 3.88. The van der Waals surface area contributed by atoms with Gasteiger partial charge in [0, 0.05) is 12.2 Å². The molecule has 16 heavy (non-hydrogen) atoms. The summed E-state index contributed by atoms with van der Waals surface area (Å²) < 4.78 is 0. The topological polar surface area (TPSA) is 77.8 Å². The third kappa shape index (κ3) is 2.98. The fraction of sp³-hybridized carbons (Fsp3) is 0.273. The number of aromatic carboxylic acids is 1. The number of likely N-dealkylation sites (N-methyl/N-ethyl adjacent to an activating group) is 1. The Morgan fingerprint density at radius 1 is 1.31 bits per heavy atom. The quantitative estimate of drug-likeness (QED) is 0.786. The number of hydrogen-bond acceptors (Lipinski definition) is 3. The lowest BCUT2D eigenvalue weighted by molar-refractivity contribution is -0.135. The van der Waals surface area contributed by atoms with Crippen molar-refractivity contribution < 1.29 is 19.8 Å². The Labute approximate surface area is 92.9 Å². The first-order chi connectivity index (χ1) is 7.54. The lowest BCUT2D eigenvalue weighted by Crippen LogP contribution is -2.29. The van der Waals surface area contributed by atoms with Crippen LogP contribution < -0.4 is 4.90 Å². The summed E-state index contributed by atoms with van der Waals surface area (Å²) in [5, 5.41) is 17.5. The van der Waals surface area contributed by atoms with Crippen LogP contribution in [0, 0.1) is 0 Å². The van der Waals surface area contributed by atoms with Crippen molar-refractivity contribution in [2.24, 2.45) is 0 Å². The second-order valence-corrected chi connectivity index (χ2v) is 3.26. The van der Waals surface area contributed by atoms with E-state index in [1.54, 1.807) is 17.0 Å². The number of rotatable bonds is 5. The van der Waals surface area contributed by atoms with E-state index in [4.69, 9.17) is 10.2 Å². The number of carboxylic acids is 2. The summed E-state index contributed by atoms with van der Waals surface area (Å²) in [4.78, 5) is 22.9. The summed E-state index contributed by atoms with van der Waals surface area (Å²) in [6, 6.07) is 6.23. The fourth-order valence-electron chi connectivity index (χ4n) is 1.38. The SMILES string of the molecule is CCN(CC(=O)O)c1cccc(C(=O)O)c1. The molecule has 0 atom stereocenters. The molecule has 0 radical (unpaired) electrons. The Balaban J connectivity index is 2.96. The number of aliphatic carboxylic acids is 1. The third-order valence-electron chi connectivity index (χ3n) is 2.17. The highest BCUT2D eigenvalue weighted by Gasteiger charge is 2.10. The van der Waals surface area contributed by atoms with Crippen LogP contribution in [0.15, 0.2) is 24.3 Å². The molecule has 0 aliphatic heterocycles. The van der Waals surface area contributed by atoms with E-state index in [-0.39, 0.29) is 12.1 Å². The number of carbonyl (C=O) groups is 2. The zero-order valence-electron chi connectivity index (χ0n) is 8.88. The molecule has 0 aliphatic carbocycles. The first kappa shape index (κ1) is 12.0. The summed E-state index contributed by atoms with van der Waals surface area (Å²) in [7, 11) is 0. The highest BCUT2D eigenvalue weighted by molar-refractivity contribution is 5.89. The highest BCUT2D eigenvalue weighted by atomic mass is 16.4. The molecule has 0 aliphatic rings. The molecule has 0 heterocycles. The smallest absolute Gasteiger partial charge is 0.335 e. The van der Waals surface area contributed by atoms with E-state index in [1.165, 1.54) is 12.1 Å². The second kappa shape index (κ2) is 5.16. The minimum absolute atomic E-state index is 0.139. The van der Waals surface area contributed by atoms with Crippen molar-refractivity contribution in [3.63, 3.8) is 0 Å². The van der Waals surface area contributed by atoms with E-state index in [9.17, 15) is 9.59 Å². The molecule has 0 aromatic heterocycles. The lowest BCUT2D eigenvalue weighted by atomic mass is 10.2. The van der Waals surface area contributed by atoms with Crippen molar-refractivity contribution >= 4 is 17.6 Å². The van der Waals surface area contributed by atoms with Gasteiger partial charge < -0.3 is 15.1 Å². The van der Waals surface area contributed by atoms with Crippen molar-refractivity contribution in [1.82, 2.24) is 0 Å². The molecular weight excluding hydrogens is 210 g/mol. The Bertz CT molecular complexity index is 403. The molecule has 1 rings (SSSR count). The molecule has 0 spiro atoms. The van der Waals surface area contributed by atoms with Crippen LogP contribution in [0.4, 0.5) is 5.69 Å². The number of benzene rings is 1. The fourth-order valence-corrected chi connectivity index (χ4v) is 1.38. The van der Waals surface area contributed by atoms with Gasteiger partial charge in [0.25, 0.3) is 0 Å². The summed E-state index contributed by atoms with van der Waals surface area (Å²) in [5.41, 5.74) is 0.756. The van der Waals surface area contributed by atoms with Gasteiger partial charge in [0.2, 0.25) is 0 Å². The summed E-state index contributed by atoms with van der Waals surface area (Å²) in [6.45, 7) is 2.19. The van der Waals surface area contributed by atoms with Gasteiger partial charge in [-0.1, -0.05) is 6.07 Å². The van der Waals surface area contributed by atoms with Crippen LogP contribution in [0.25, 0.3) is 0 Å². The third-order valence-corrected chi connectivity index (χ3v) is 2.17. The number of nitrogens with zero attached hydrogens (tertiary/aromatic N) is 1. The van der Waals surface area contributed by atoms with Gasteiger partial charge in [-0.2, -0.15) is 0 Å². The van der Waals surface area contributed by atoms with Gasteiger partial charge in [-0.15, -0.1) is 0 Å². The first-order valence-electron chi connectivity index (χ1n) is 4.84. The predicted octanol–water partition coefficient (Wildman–Crippen LogP) is 1.30. The molecule has 0 saturated heterocycles. The van der Waals surface area contributed by atoms with Crippen LogP contribution in [0.3, 0.4) is 0 Å². The second-order valence-electron chi connectivity index (χ2n) is 3.26. The molecule has 0 bridgehead atoms. The van der Waals surface area contributed by atoms with Crippen molar-refractivity contribution in [3.8, 4) is 0 Å². The molecule has 1 aromatic rings. The van der Waals surface area contributed by atoms with Gasteiger partial charge in [0.15, 0.2) is 0 Å². The van der Waals surface area contributed by atoms with Crippen LogP contribution in [0.5, 0.6) is 0 Å². The number of carboxylic acid groups (broad SMARTS) is 2. The lowest BCUT2D eigenvalue weighted by Gasteiger charge is -2.20. The predicted molar refractivity (Wildman–Crippen MR) is 58.9 cm³/mol. The van der Waals surface area contributed by atoms with E-state index in [1.807, 2.05) is 6.92 Å². The molecule has 5 nitrogen and oxygen atoms in total.